The molecule has 0 aromatic heterocycles. The number of primary sulfonamides is 1. The second-order valence-corrected chi connectivity index (χ2v) is 8.77. The lowest BCUT2D eigenvalue weighted by Gasteiger charge is -2.15. The van der Waals surface area contributed by atoms with Gasteiger partial charge in [0.2, 0.25) is 10.0 Å². The van der Waals surface area contributed by atoms with Gasteiger partial charge in [0.25, 0.3) is 10.0 Å². The highest BCUT2D eigenvalue weighted by atomic mass is 35.5. The van der Waals surface area contributed by atoms with Gasteiger partial charge in [-0.15, -0.1) is 0 Å². The summed E-state index contributed by atoms with van der Waals surface area (Å²) in [6, 6.07) is 5.18. The molecule has 2 rings (SSSR count). The fourth-order valence-corrected chi connectivity index (χ4v) is 4.28. The second kappa shape index (κ2) is 7.19. The smallest absolute Gasteiger partial charge is 0.417 e. The summed E-state index contributed by atoms with van der Waals surface area (Å²) in [6.07, 6.45) is -4.99. The molecule has 3 N–H and O–H groups in total. The number of anilines is 1. The van der Waals surface area contributed by atoms with Crippen LogP contribution in [0.2, 0.25) is 5.02 Å². The molecule has 0 spiro atoms. The van der Waals surface area contributed by atoms with Crippen LogP contribution >= 0.6 is 11.6 Å². The van der Waals surface area contributed by atoms with Crippen molar-refractivity contribution in [3.63, 3.8) is 0 Å². The second-order valence-electron chi connectivity index (χ2n) is 5.15. The van der Waals surface area contributed by atoms with Crippen LogP contribution in [0.25, 0.3) is 0 Å². The van der Waals surface area contributed by atoms with E-state index in [9.17, 15) is 30.0 Å². The Morgan fingerprint density at radius 3 is 2.19 bits per heavy atom. The summed E-state index contributed by atoms with van der Waals surface area (Å²) in [6.45, 7) is 0. The number of nitrogens with two attached hydrogens (primary N) is 1. The first-order chi connectivity index (χ1) is 12.3. The van der Waals surface area contributed by atoms with Crippen molar-refractivity contribution in [3.8, 4) is 5.75 Å². The monoisotopic (exact) mass is 444 g/mol. The maximum Gasteiger partial charge on any atom is 0.417 e. The average molecular weight is 445 g/mol. The molecule has 0 saturated carbocycles. The Morgan fingerprint density at radius 2 is 1.67 bits per heavy atom. The molecule has 0 aliphatic carbocycles. The molecule has 0 aliphatic heterocycles. The molecule has 148 valence electrons. The number of methoxy groups -OCH3 is 1. The molecule has 0 amide bonds. The first-order valence-electron chi connectivity index (χ1n) is 6.86. The maximum absolute atomic E-state index is 13.2. The highest BCUT2D eigenvalue weighted by molar-refractivity contribution is 7.92. The van der Waals surface area contributed by atoms with Crippen LogP contribution in [0.3, 0.4) is 0 Å². The van der Waals surface area contributed by atoms with Crippen LogP contribution in [0.1, 0.15) is 5.56 Å². The van der Waals surface area contributed by atoms with E-state index in [-0.39, 0.29) is 16.5 Å². The molecule has 27 heavy (non-hydrogen) atoms. The number of hydrogen-bond acceptors (Lipinski definition) is 5. The first-order valence-corrected chi connectivity index (χ1v) is 10.3. The van der Waals surface area contributed by atoms with Crippen molar-refractivity contribution in [3.05, 3.63) is 47.0 Å². The van der Waals surface area contributed by atoms with Gasteiger partial charge in [-0.2, -0.15) is 13.2 Å². The zero-order chi connectivity index (χ0) is 20.6. The van der Waals surface area contributed by atoms with E-state index < -0.39 is 41.6 Å². The van der Waals surface area contributed by atoms with Crippen molar-refractivity contribution in [2.45, 2.75) is 16.0 Å². The highest BCUT2D eigenvalue weighted by Crippen LogP contribution is 2.36. The minimum absolute atomic E-state index is 0.164. The Kier molecular flexibility index (Phi) is 5.66. The molecular formula is C14H12ClF3N2O5S2. The number of alkyl halides is 3. The van der Waals surface area contributed by atoms with Gasteiger partial charge in [0.05, 0.1) is 23.3 Å². The molecule has 0 unspecified atom stereocenters. The highest BCUT2D eigenvalue weighted by Gasteiger charge is 2.37. The Balaban J connectivity index is 2.56. The molecule has 2 aromatic carbocycles. The third kappa shape index (κ3) is 4.83. The summed E-state index contributed by atoms with van der Waals surface area (Å²) in [5.74, 6) is -0.164. The lowest BCUT2D eigenvalue weighted by molar-refractivity contribution is -0.139. The van der Waals surface area contributed by atoms with Gasteiger partial charge in [0, 0.05) is 5.02 Å². The molecule has 2 aromatic rings. The minimum Gasteiger partial charge on any atom is -0.495 e. The van der Waals surface area contributed by atoms with E-state index in [1.165, 1.54) is 0 Å². The largest absolute Gasteiger partial charge is 0.495 e. The van der Waals surface area contributed by atoms with E-state index in [2.05, 4.69) is 0 Å². The summed E-state index contributed by atoms with van der Waals surface area (Å²) >= 11 is 5.53. The Labute approximate surface area is 158 Å². The van der Waals surface area contributed by atoms with Crippen molar-refractivity contribution < 1.29 is 34.7 Å². The standard InChI is InChI=1S/C14H12ClF3N2O5S2/c1-25-11-4-3-9(7-13(11)26(19,21)22)20-27(23,24)12-5-2-8(15)6-10(12)14(16,17)18/h2-7,20H,1H3,(H2,19,21,22). The van der Waals surface area contributed by atoms with E-state index in [1.807, 2.05) is 4.72 Å². The molecule has 0 atom stereocenters. The summed E-state index contributed by atoms with van der Waals surface area (Å²) in [7, 11) is -7.85. The Bertz CT molecular complexity index is 1090. The van der Waals surface area contributed by atoms with E-state index in [0.29, 0.717) is 12.1 Å². The summed E-state index contributed by atoms with van der Waals surface area (Å²) in [4.78, 5) is -1.62. The van der Waals surface area contributed by atoms with Crippen molar-refractivity contribution in [2.24, 2.45) is 5.14 Å². The molecule has 0 aliphatic rings. The number of rotatable bonds is 5. The van der Waals surface area contributed by atoms with E-state index in [4.69, 9.17) is 21.5 Å². The van der Waals surface area contributed by atoms with Gasteiger partial charge < -0.3 is 4.74 Å². The fourth-order valence-electron chi connectivity index (χ4n) is 2.13. The molecular weight excluding hydrogens is 433 g/mol. The molecule has 0 fully saturated rings. The third-order valence-corrected chi connectivity index (χ3v) is 5.87. The zero-order valence-electron chi connectivity index (χ0n) is 13.4. The quantitative estimate of drug-likeness (QED) is 0.735. The summed E-state index contributed by atoms with van der Waals surface area (Å²) < 4.78 is 94.2. The predicted octanol–water partition coefficient (Wildman–Crippen LogP) is 2.82. The van der Waals surface area contributed by atoms with Crippen molar-refractivity contribution in [1.29, 1.82) is 0 Å². The number of benzene rings is 2. The van der Waals surface area contributed by atoms with Crippen LogP contribution in [0.4, 0.5) is 18.9 Å². The van der Waals surface area contributed by atoms with Crippen LogP contribution in [0, 0.1) is 0 Å². The van der Waals surface area contributed by atoms with Crippen molar-refractivity contribution >= 4 is 37.3 Å². The van der Waals surface area contributed by atoms with E-state index in [1.54, 1.807) is 0 Å². The summed E-state index contributed by atoms with van der Waals surface area (Å²) in [5.41, 5.74) is -1.80. The molecule has 0 radical (unpaired) electrons. The normalized spacial score (nSPS) is 12.7. The topological polar surface area (TPSA) is 116 Å². The molecule has 13 heteroatoms. The molecule has 0 saturated heterocycles. The van der Waals surface area contributed by atoms with Crippen LogP contribution in [0.15, 0.2) is 46.2 Å². The van der Waals surface area contributed by atoms with Gasteiger partial charge in [0.1, 0.15) is 10.6 Å². The van der Waals surface area contributed by atoms with Crippen molar-refractivity contribution in [2.75, 3.05) is 11.8 Å². The van der Waals surface area contributed by atoms with Gasteiger partial charge in [-0.3, -0.25) is 4.72 Å². The lowest BCUT2D eigenvalue weighted by Crippen LogP contribution is -2.19. The lowest BCUT2D eigenvalue weighted by atomic mass is 10.2. The van der Waals surface area contributed by atoms with E-state index in [0.717, 1.165) is 31.4 Å². The predicted molar refractivity (Wildman–Crippen MR) is 91.6 cm³/mol. The number of sulfonamides is 2. The fraction of sp³-hybridized carbons (Fsp3) is 0.143. The number of ether oxygens (including phenoxy) is 1. The van der Waals surface area contributed by atoms with Gasteiger partial charge >= 0.3 is 6.18 Å². The zero-order valence-corrected chi connectivity index (χ0v) is 15.8. The van der Waals surface area contributed by atoms with E-state index >= 15 is 0 Å². The SMILES string of the molecule is COc1ccc(NS(=O)(=O)c2ccc(Cl)cc2C(F)(F)F)cc1S(N)(=O)=O. The van der Waals surface area contributed by atoms with Crippen LogP contribution in [-0.2, 0) is 26.2 Å². The third-order valence-electron chi connectivity index (χ3n) is 3.26. The number of hydrogen-bond donors (Lipinski definition) is 2. The summed E-state index contributed by atoms with van der Waals surface area (Å²) in [5, 5.41) is 4.72. The molecule has 0 bridgehead atoms. The number of halogens is 4. The van der Waals surface area contributed by atoms with Crippen LogP contribution in [0.5, 0.6) is 5.75 Å². The molecule has 7 nitrogen and oxygen atoms in total. The van der Waals surface area contributed by atoms with Gasteiger partial charge in [-0.05, 0) is 36.4 Å². The first kappa shape index (κ1) is 21.3. The van der Waals surface area contributed by atoms with Gasteiger partial charge in [-0.25, -0.2) is 22.0 Å². The van der Waals surface area contributed by atoms with Crippen molar-refractivity contribution in [1.82, 2.24) is 0 Å². The average Bonchev–Trinajstić information content (AvgIpc) is 2.52. The Morgan fingerprint density at radius 1 is 1.04 bits per heavy atom. The van der Waals surface area contributed by atoms with Gasteiger partial charge in [0.15, 0.2) is 0 Å². The molecule has 0 heterocycles. The van der Waals surface area contributed by atoms with Crippen LogP contribution < -0.4 is 14.6 Å². The maximum atomic E-state index is 13.2. The Hall–Kier alpha value is -2.02. The van der Waals surface area contributed by atoms with Crippen LogP contribution in [-0.4, -0.2) is 23.9 Å². The number of nitrogens with one attached hydrogen (secondary N) is 1. The van der Waals surface area contributed by atoms with Gasteiger partial charge in [-0.1, -0.05) is 11.6 Å². The minimum atomic E-state index is -4.99.